The number of para-hydroxylation sites is 1. The average Bonchev–Trinajstić information content (AvgIpc) is 3.42. The number of benzene rings is 3. The van der Waals surface area contributed by atoms with Gasteiger partial charge in [-0.1, -0.05) is 67.6 Å². The van der Waals surface area contributed by atoms with E-state index in [1.54, 1.807) is 19.2 Å². The van der Waals surface area contributed by atoms with Crippen LogP contribution in [0.25, 0.3) is 0 Å². The van der Waals surface area contributed by atoms with Crippen LogP contribution in [0.5, 0.6) is 5.75 Å². The van der Waals surface area contributed by atoms with Gasteiger partial charge in [0.25, 0.3) is 11.3 Å². The standard InChI is InChI=1S/C29H31N3O4S2/c1-3-22-19-37-29(30-22)26(18-21-13-15-23(16-14-21)32-38(34)35)31-28(33)25(17-20-9-5-4-6-10-20)24-11-7-8-12-27(24)36-2/h4-16,19,25-26,32H,3,17-18H2,1-2H3,(H,31,33)(H,34,35). The second-order valence-corrected chi connectivity index (χ2v) is 10.4. The minimum Gasteiger partial charge on any atom is -0.496 e. The number of carbonyl (C=O) groups excluding carboxylic acids is 1. The van der Waals surface area contributed by atoms with Crippen LogP contribution in [0.3, 0.4) is 0 Å². The van der Waals surface area contributed by atoms with Gasteiger partial charge in [0.05, 0.1) is 24.8 Å². The summed E-state index contributed by atoms with van der Waals surface area (Å²) in [5.74, 6) is 0.102. The molecule has 4 aromatic rings. The Bertz CT molecular complexity index is 1360. The predicted octanol–water partition coefficient (Wildman–Crippen LogP) is 5.69. The Balaban J connectivity index is 1.64. The molecule has 9 heteroatoms. The van der Waals surface area contributed by atoms with Crippen molar-refractivity contribution in [3.05, 3.63) is 112 Å². The fourth-order valence-electron chi connectivity index (χ4n) is 4.31. The van der Waals surface area contributed by atoms with Crippen LogP contribution in [0.4, 0.5) is 5.69 Å². The molecule has 7 nitrogen and oxygen atoms in total. The fraction of sp³-hybridized carbons (Fsp3) is 0.241. The largest absolute Gasteiger partial charge is 0.496 e. The van der Waals surface area contributed by atoms with Crippen molar-refractivity contribution in [2.45, 2.75) is 38.1 Å². The quantitative estimate of drug-likeness (QED) is 0.197. The van der Waals surface area contributed by atoms with Crippen LogP contribution in [0, 0.1) is 0 Å². The maximum absolute atomic E-state index is 14.0. The number of ether oxygens (including phenoxy) is 1. The molecule has 0 aliphatic rings. The van der Waals surface area contributed by atoms with E-state index < -0.39 is 17.2 Å². The molecule has 0 saturated heterocycles. The Morgan fingerprint density at radius 1 is 1.00 bits per heavy atom. The first-order valence-corrected chi connectivity index (χ1v) is 14.3. The summed E-state index contributed by atoms with van der Waals surface area (Å²) < 4.78 is 28.2. The second-order valence-electron chi connectivity index (χ2n) is 8.83. The van der Waals surface area contributed by atoms with Crippen LogP contribution in [-0.2, 0) is 35.3 Å². The molecule has 0 aliphatic heterocycles. The molecule has 0 aliphatic carbocycles. The summed E-state index contributed by atoms with van der Waals surface area (Å²) >= 11 is -0.601. The number of hydrogen-bond acceptors (Lipinski definition) is 5. The summed E-state index contributed by atoms with van der Waals surface area (Å²) in [5, 5.41) is 6.15. The molecule has 0 saturated carbocycles. The third-order valence-electron chi connectivity index (χ3n) is 6.26. The van der Waals surface area contributed by atoms with Crippen molar-refractivity contribution in [1.29, 1.82) is 0 Å². The molecule has 3 unspecified atom stereocenters. The van der Waals surface area contributed by atoms with Gasteiger partial charge in [0.1, 0.15) is 10.8 Å². The Labute approximate surface area is 229 Å². The van der Waals surface area contributed by atoms with Gasteiger partial charge < -0.3 is 10.1 Å². The lowest BCUT2D eigenvalue weighted by Crippen LogP contribution is -2.35. The lowest BCUT2D eigenvalue weighted by molar-refractivity contribution is -0.123. The number of nitrogens with zero attached hydrogens (tertiary/aromatic N) is 1. The molecule has 4 rings (SSSR count). The predicted molar refractivity (Wildman–Crippen MR) is 153 cm³/mol. The summed E-state index contributed by atoms with van der Waals surface area (Å²) in [6.45, 7) is 2.06. The minimum absolute atomic E-state index is 0.106. The molecule has 0 fully saturated rings. The number of thiazole rings is 1. The lowest BCUT2D eigenvalue weighted by Gasteiger charge is -2.23. The SMILES string of the molecule is CCc1csc(C(Cc2ccc(NS(=O)O)cc2)NC(=O)C(Cc2ccccc2)c2ccccc2OC)n1. The first kappa shape index (κ1) is 27.5. The van der Waals surface area contributed by atoms with Gasteiger partial charge in [-0.25, -0.2) is 9.19 Å². The second kappa shape index (κ2) is 13.3. The number of methoxy groups -OCH3 is 1. The molecule has 38 heavy (non-hydrogen) atoms. The summed E-state index contributed by atoms with van der Waals surface area (Å²) in [4.78, 5) is 18.8. The average molecular weight is 550 g/mol. The molecule has 198 valence electrons. The van der Waals surface area contributed by atoms with E-state index in [1.807, 2.05) is 72.1 Å². The van der Waals surface area contributed by atoms with Crippen LogP contribution in [0.2, 0.25) is 0 Å². The molecular formula is C29H31N3O4S2. The van der Waals surface area contributed by atoms with E-state index in [4.69, 9.17) is 14.3 Å². The molecule has 3 atom stereocenters. The van der Waals surface area contributed by atoms with Gasteiger partial charge in [0.2, 0.25) is 5.91 Å². The van der Waals surface area contributed by atoms with E-state index in [9.17, 15) is 9.00 Å². The highest BCUT2D eigenvalue weighted by Crippen LogP contribution is 2.31. The van der Waals surface area contributed by atoms with Crippen molar-refractivity contribution >= 4 is 34.2 Å². The smallest absolute Gasteiger partial charge is 0.259 e. The van der Waals surface area contributed by atoms with Crippen molar-refractivity contribution in [3.63, 3.8) is 0 Å². The third kappa shape index (κ3) is 7.28. The molecule has 1 aromatic heterocycles. The van der Waals surface area contributed by atoms with Gasteiger partial charge >= 0.3 is 0 Å². The maximum atomic E-state index is 14.0. The van der Waals surface area contributed by atoms with Crippen LogP contribution in [0.1, 0.15) is 46.3 Å². The van der Waals surface area contributed by atoms with Crippen molar-refractivity contribution in [2.75, 3.05) is 11.8 Å². The number of amides is 1. The van der Waals surface area contributed by atoms with E-state index in [-0.39, 0.29) is 11.9 Å². The third-order valence-corrected chi connectivity index (χ3v) is 7.68. The van der Waals surface area contributed by atoms with Gasteiger partial charge in [-0.2, -0.15) is 0 Å². The summed E-state index contributed by atoms with van der Waals surface area (Å²) in [6.07, 6.45) is 1.86. The monoisotopic (exact) mass is 549 g/mol. The van der Waals surface area contributed by atoms with Crippen molar-refractivity contribution in [3.8, 4) is 5.75 Å². The Morgan fingerprint density at radius 2 is 1.68 bits per heavy atom. The molecular weight excluding hydrogens is 518 g/mol. The van der Waals surface area contributed by atoms with Gasteiger partial charge in [-0.15, -0.1) is 11.3 Å². The maximum Gasteiger partial charge on any atom is 0.259 e. The van der Waals surface area contributed by atoms with E-state index in [2.05, 4.69) is 17.0 Å². The number of rotatable bonds is 12. The number of anilines is 1. The Hall–Kier alpha value is -3.53. The van der Waals surface area contributed by atoms with Crippen LogP contribution in [-0.4, -0.2) is 26.8 Å². The number of aromatic nitrogens is 1. The molecule has 3 aromatic carbocycles. The van der Waals surface area contributed by atoms with Crippen molar-refractivity contribution < 1.29 is 18.3 Å². The zero-order valence-electron chi connectivity index (χ0n) is 21.3. The normalized spacial score (nSPS) is 13.3. The first-order valence-electron chi connectivity index (χ1n) is 12.3. The fourth-order valence-corrected chi connectivity index (χ4v) is 5.60. The number of carbonyl (C=O) groups is 1. The summed E-state index contributed by atoms with van der Waals surface area (Å²) in [5.41, 5.74) is 4.38. The molecule has 0 bridgehead atoms. The highest BCUT2D eigenvalue weighted by atomic mass is 32.2. The minimum atomic E-state index is -2.14. The number of aryl methyl sites for hydroxylation is 1. The van der Waals surface area contributed by atoms with Gasteiger partial charge in [0, 0.05) is 16.6 Å². The van der Waals surface area contributed by atoms with E-state index in [0.717, 1.165) is 33.8 Å². The molecule has 1 amide bonds. The Morgan fingerprint density at radius 3 is 2.34 bits per heavy atom. The van der Waals surface area contributed by atoms with Crippen LogP contribution in [0.15, 0.2) is 84.2 Å². The van der Waals surface area contributed by atoms with E-state index in [1.165, 1.54) is 11.3 Å². The van der Waals surface area contributed by atoms with Crippen LogP contribution >= 0.6 is 11.3 Å². The molecule has 1 heterocycles. The molecule has 0 radical (unpaired) electrons. The molecule has 3 N–H and O–H groups in total. The van der Waals surface area contributed by atoms with Crippen molar-refractivity contribution in [1.82, 2.24) is 10.3 Å². The summed E-state index contributed by atoms with van der Waals surface area (Å²) in [6, 6.07) is 24.5. The van der Waals surface area contributed by atoms with E-state index in [0.29, 0.717) is 24.3 Å². The summed E-state index contributed by atoms with van der Waals surface area (Å²) in [7, 11) is 1.62. The lowest BCUT2D eigenvalue weighted by atomic mass is 9.90. The zero-order valence-corrected chi connectivity index (χ0v) is 22.9. The van der Waals surface area contributed by atoms with Crippen LogP contribution < -0.4 is 14.8 Å². The zero-order chi connectivity index (χ0) is 26.9. The first-order chi connectivity index (χ1) is 18.5. The van der Waals surface area contributed by atoms with Gasteiger partial charge in [-0.3, -0.25) is 14.1 Å². The van der Waals surface area contributed by atoms with E-state index >= 15 is 0 Å². The highest BCUT2D eigenvalue weighted by Gasteiger charge is 2.28. The van der Waals surface area contributed by atoms with Gasteiger partial charge in [0.15, 0.2) is 0 Å². The van der Waals surface area contributed by atoms with Gasteiger partial charge in [-0.05, 0) is 48.6 Å². The number of hydrogen-bond donors (Lipinski definition) is 3. The number of nitrogens with one attached hydrogen (secondary N) is 2. The topological polar surface area (TPSA) is 101 Å². The van der Waals surface area contributed by atoms with Crippen molar-refractivity contribution in [2.24, 2.45) is 0 Å². The Kier molecular flexibility index (Phi) is 9.64. The molecule has 0 spiro atoms. The highest BCUT2D eigenvalue weighted by molar-refractivity contribution is 7.80.